The lowest BCUT2D eigenvalue weighted by atomic mass is 10.2. The molecule has 0 amide bonds. The van der Waals surface area contributed by atoms with Gasteiger partial charge in [-0.3, -0.25) is 0 Å². The first-order valence-corrected chi connectivity index (χ1v) is 5.42. The van der Waals surface area contributed by atoms with Gasteiger partial charge in [0.05, 0.1) is 15.6 Å². The first-order valence-electron chi connectivity index (χ1n) is 4.22. The van der Waals surface area contributed by atoms with Gasteiger partial charge in [0.2, 0.25) is 0 Å². The summed E-state index contributed by atoms with van der Waals surface area (Å²) < 4.78 is 20.0. The molecule has 0 atom stereocenters. The van der Waals surface area contributed by atoms with Crippen molar-refractivity contribution < 1.29 is 9.13 Å². The second-order valence-electron chi connectivity index (χ2n) is 2.78. The number of benzene rings is 1. The minimum Gasteiger partial charge on any atom is -0.489 e. The summed E-state index contributed by atoms with van der Waals surface area (Å²) in [6, 6.07) is 4.91. The van der Waals surface area contributed by atoms with Gasteiger partial charge in [0.15, 0.2) is 11.6 Å². The van der Waals surface area contributed by atoms with E-state index >= 15 is 0 Å². The maximum absolute atomic E-state index is 13.4. The van der Waals surface area contributed by atoms with Crippen LogP contribution < -0.4 is 4.74 Å². The Kier molecular flexibility index (Phi) is 2.61. The smallest absolute Gasteiger partial charge is 0.172 e. The van der Waals surface area contributed by atoms with Crippen molar-refractivity contribution >= 4 is 33.0 Å². The van der Waals surface area contributed by atoms with E-state index in [0.29, 0.717) is 16.7 Å². The van der Waals surface area contributed by atoms with Crippen LogP contribution in [-0.4, -0.2) is 6.61 Å². The van der Waals surface area contributed by atoms with E-state index in [1.165, 1.54) is 17.4 Å². The minimum atomic E-state index is -0.335. The Morgan fingerprint density at radius 1 is 1.50 bits per heavy atom. The number of thiophene rings is 1. The first kappa shape index (κ1) is 9.74. The Hall–Kier alpha value is -0.800. The summed E-state index contributed by atoms with van der Waals surface area (Å²) in [5.41, 5.74) is 0. The second kappa shape index (κ2) is 3.75. The largest absolute Gasteiger partial charge is 0.489 e. The van der Waals surface area contributed by atoms with E-state index in [9.17, 15) is 4.39 Å². The number of fused-ring (bicyclic) bond motifs is 1. The zero-order valence-corrected chi connectivity index (χ0v) is 9.08. The highest BCUT2D eigenvalue weighted by molar-refractivity contribution is 7.23. The lowest BCUT2D eigenvalue weighted by Crippen LogP contribution is -1.94. The van der Waals surface area contributed by atoms with Gasteiger partial charge in [0.25, 0.3) is 0 Å². The lowest BCUT2D eigenvalue weighted by molar-refractivity contribution is 0.326. The van der Waals surface area contributed by atoms with Crippen molar-refractivity contribution in [2.45, 2.75) is 6.92 Å². The summed E-state index contributed by atoms with van der Waals surface area (Å²) in [5.74, 6) is -0.0280. The highest BCUT2D eigenvalue weighted by Gasteiger charge is 2.11. The molecule has 1 aromatic carbocycles. The van der Waals surface area contributed by atoms with Crippen LogP contribution in [0.25, 0.3) is 10.1 Å². The molecule has 14 heavy (non-hydrogen) atoms. The average molecular weight is 231 g/mol. The van der Waals surface area contributed by atoms with Crippen LogP contribution in [0.1, 0.15) is 6.92 Å². The Balaban J connectivity index is 2.68. The molecule has 1 aromatic heterocycles. The molecule has 0 aliphatic rings. The Labute approximate surface area is 90.1 Å². The molecule has 0 radical (unpaired) electrons. The summed E-state index contributed by atoms with van der Waals surface area (Å²) in [6.07, 6.45) is 0. The van der Waals surface area contributed by atoms with E-state index in [1.807, 2.05) is 13.0 Å². The quantitative estimate of drug-likeness (QED) is 0.755. The van der Waals surface area contributed by atoms with Crippen molar-refractivity contribution in [2.75, 3.05) is 6.61 Å². The SMILES string of the molecule is CCOc1c(F)ccc2cc(Cl)sc12. The third-order valence-electron chi connectivity index (χ3n) is 1.85. The van der Waals surface area contributed by atoms with Crippen LogP contribution in [0.5, 0.6) is 5.75 Å². The van der Waals surface area contributed by atoms with Gasteiger partial charge in [-0.15, -0.1) is 11.3 Å². The third kappa shape index (κ3) is 1.57. The van der Waals surface area contributed by atoms with Crippen LogP contribution in [0.4, 0.5) is 4.39 Å². The molecule has 0 aliphatic heterocycles. The molecule has 4 heteroatoms. The van der Waals surface area contributed by atoms with E-state index in [1.54, 1.807) is 6.07 Å². The van der Waals surface area contributed by atoms with Gasteiger partial charge in [-0.25, -0.2) is 4.39 Å². The summed E-state index contributed by atoms with van der Waals surface area (Å²) >= 11 is 7.18. The maximum atomic E-state index is 13.4. The van der Waals surface area contributed by atoms with Crippen LogP contribution in [-0.2, 0) is 0 Å². The van der Waals surface area contributed by atoms with E-state index in [-0.39, 0.29) is 5.82 Å². The molecule has 0 spiro atoms. The lowest BCUT2D eigenvalue weighted by Gasteiger charge is -2.04. The summed E-state index contributed by atoms with van der Waals surface area (Å²) in [5, 5.41) is 0.921. The zero-order chi connectivity index (χ0) is 10.1. The van der Waals surface area contributed by atoms with E-state index in [4.69, 9.17) is 16.3 Å². The number of hydrogen-bond donors (Lipinski definition) is 0. The summed E-state index contributed by atoms with van der Waals surface area (Å²) in [6.45, 7) is 2.28. The number of hydrogen-bond acceptors (Lipinski definition) is 2. The van der Waals surface area contributed by atoms with Crippen LogP contribution in [0.3, 0.4) is 0 Å². The summed E-state index contributed by atoms with van der Waals surface area (Å²) in [7, 11) is 0. The zero-order valence-electron chi connectivity index (χ0n) is 7.51. The topological polar surface area (TPSA) is 9.23 Å². The van der Waals surface area contributed by atoms with Crippen molar-refractivity contribution in [1.82, 2.24) is 0 Å². The molecule has 1 nitrogen and oxygen atoms in total. The molecule has 0 unspecified atom stereocenters. The van der Waals surface area contributed by atoms with Gasteiger partial charge in [0, 0.05) is 0 Å². The average Bonchev–Trinajstić information content (AvgIpc) is 2.51. The van der Waals surface area contributed by atoms with Gasteiger partial charge in [-0.1, -0.05) is 17.7 Å². The van der Waals surface area contributed by atoms with E-state index in [2.05, 4.69) is 0 Å². The fourth-order valence-corrected chi connectivity index (χ4v) is 2.52. The van der Waals surface area contributed by atoms with Gasteiger partial charge in [-0.2, -0.15) is 0 Å². The standard InChI is InChI=1S/C10H8ClFOS/c1-2-13-9-7(12)4-3-6-5-8(11)14-10(6)9/h3-5H,2H2,1H3. The number of halogens is 2. The molecule has 2 rings (SSSR count). The molecule has 0 aliphatic carbocycles. The van der Waals surface area contributed by atoms with Crippen LogP contribution >= 0.6 is 22.9 Å². The molecule has 2 aromatic rings. The Morgan fingerprint density at radius 3 is 3.00 bits per heavy atom. The third-order valence-corrected chi connectivity index (χ3v) is 3.13. The highest BCUT2D eigenvalue weighted by Crippen LogP contribution is 2.37. The molecule has 0 N–H and O–H groups in total. The van der Waals surface area contributed by atoms with Gasteiger partial charge in [0.1, 0.15) is 0 Å². The van der Waals surface area contributed by atoms with Crippen LogP contribution in [0.2, 0.25) is 4.34 Å². The highest BCUT2D eigenvalue weighted by atomic mass is 35.5. The van der Waals surface area contributed by atoms with Crippen molar-refractivity contribution in [1.29, 1.82) is 0 Å². The van der Waals surface area contributed by atoms with Gasteiger partial charge in [-0.05, 0) is 24.4 Å². The Morgan fingerprint density at radius 2 is 2.29 bits per heavy atom. The van der Waals surface area contributed by atoms with Crippen molar-refractivity contribution in [3.8, 4) is 5.75 Å². The predicted octanol–water partition coefficient (Wildman–Crippen LogP) is 4.09. The number of ether oxygens (including phenoxy) is 1. The monoisotopic (exact) mass is 230 g/mol. The normalized spacial score (nSPS) is 10.8. The number of rotatable bonds is 2. The molecule has 1 heterocycles. The van der Waals surface area contributed by atoms with Gasteiger partial charge < -0.3 is 4.74 Å². The van der Waals surface area contributed by atoms with Gasteiger partial charge >= 0.3 is 0 Å². The molecule has 0 fully saturated rings. The van der Waals surface area contributed by atoms with Crippen LogP contribution in [0.15, 0.2) is 18.2 Å². The van der Waals surface area contributed by atoms with Crippen molar-refractivity contribution in [3.63, 3.8) is 0 Å². The molecule has 0 bridgehead atoms. The second-order valence-corrected chi connectivity index (χ2v) is 4.46. The van der Waals surface area contributed by atoms with Crippen molar-refractivity contribution in [3.05, 3.63) is 28.4 Å². The van der Waals surface area contributed by atoms with Crippen LogP contribution in [0, 0.1) is 5.82 Å². The molecule has 0 saturated carbocycles. The van der Waals surface area contributed by atoms with E-state index < -0.39 is 0 Å². The molecule has 0 saturated heterocycles. The Bertz CT molecular complexity index is 466. The maximum Gasteiger partial charge on any atom is 0.172 e. The minimum absolute atomic E-state index is 0.307. The van der Waals surface area contributed by atoms with Crippen molar-refractivity contribution in [2.24, 2.45) is 0 Å². The predicted molar refractivity (Wildman–Crippen MR) is 58.0 cm³/mol. The summed E-state index contributed by atoms with van der Waals surface area (Å²) in [4.78, 5) is 0. The first-order chi connectivity index (χ1) is 6.72. The fourth-order valence-electron chi connectivity index (χ4n) is 1.30. The van der Waals surface area contributed by atoms with E-state index in [0.717, 1.165) is 10.1 Å². The molecular formula is C10H8ClFOS. The molecule has 74 valence electrons. The fraction of sp³-hybridized carbons (Fsp3) is 0.200. The molecular weight excluding hydrogens is 223 g/mol.